The van der Waals surface area contributed by atoms with Crippen LogP contribution in [0.4, 0.5) is 5.69 Å². The van der Waals surface area contributed by atoms with Crippen LogP contribution in [0, 0.1) is 0 Å². The van der Waals surface area contributed by atoms with Crippen molar-refractivity contribution in [2.24, 2.45) is 5.10 Å². The minimum Gasteiger partial charge on any atom is -0.360 e. The van der Waals surface area contributed by atoms with E-state index in [4.69, 9.17) is 5.10 Å². The van der Waals surface area contributed by atoms with Gasteiger partial charge in [-0.1, -0.05) is 74.1 Å². The first kappa shape index (κ1) is 18.6. The van der Waals surface area contributed by atoms with Gasteiger partial charge < -0.3 is 10.6 Å². The minimum atomic E-state index is -0.458. The van der Waals surface area contributed by atoms with E-state index in [0.29, 0.717) is 16.8 Å². The number of amides is 1. The molecule has 2 aliphatic rings. The summed E-state index contributed by atoms with van der Waals surface area (Å²) in [6.07, 6.45) is 1.59. The zero-order valence-electron chi connectivity index (χ0n) is 16.1. The Kier molecular flexibility index (Phi) is 5.13. The van der Waals surface area contributed by atoms with Crippen LogP contribution in [0.1, 0.15) is 48.7 Å². The Hall–Kier alpha value is -2.73. The molecule has 0 fully saturated rings. The molecular formula is C22H24N4OS. The van der Waals surface area contributed by atoms with Crippen molar-refractivity contribution in [3.63, 3.8) is 0 Å². The summed E-state index contributed by atoms with van der Waals surface area (Å²) in [6.45, 7) is 8.11. The van der Waals surface area contributed by atoms with E-state index >= 15 is 0 Å². The molecule has 144 valence electrons. The second kappa shape index (κ2) is 7.72. The van der Waals surface area contributed by atoms with Gasteiger partial charge in [0.25, 0.3) is 5.91 Å². The zero-order valence-corrected chi connectivity index (χ0v) is 16.9. The van der Waals surface area contributed by atoms with Crippen molar-refractivity contribution in [2.75, 3.05) is 11.1 Å². The molecule has 4 rings (SSSR count). The first-order valence-electron chi connectivity index (χ1n) is 9.45. The summed E-state index contributed by atoms with van der Waals surface area (Å²) in [5, 5.41) is 13.8. The van der Waals surface area contributed by atoms with E-state index in [1.807, 2.05) is 29.3 Å². The third kappa shape index (κ3) is 3.40. The highest BCUT2D eigenvalue weighted by molar-refractivity contribution is 8.14. The summed E-state index contributed by atoms with van der Waals surface area (Å²) < 4.78 is 0. The van der Waals surface area contributed by atoms with E-state index in [9.17, 15) is 4.79 Å². The maximum absolute atomic E-state index is 13.0. The highest BCUT2D eigenvalue weighted by atomic mass is 32.2. The number of benzene rings is 2. The maximum Gasteiger partial charge on any atom is 0.255 e. The summed E-state index contributed by atoms with van der Waals surface area (Å²) in [7, 11) is 0. The molecule has 2 aromatic carbocycles. The first-order valence-corrected chi connectivity index (χ1v) is 10.4. The third-order valence-corrected chi connectivity index (χ3v) is 5.88. The Morgan fingerprint density at radius 1 is 1.21 bits per heavy atom. The van der Waals surface area contributed by atoms with E-state index in [0.717, 1.165) is 16.8 Å². The Morgan fingerprint density at radius 3 is 2.68 bits per heavy atom. The van der Waals surface area contributed by atoms with Crippen LogP contribution in [-0.2, 0) is 4.79 Å². The lowest BCUT2D eigenvalue weighted by atomic mass is 9.96. The summed E-state index contributed by atoms with van der Waals surface area (Å²) in [6, 6.07) is 16.0. The minimum absolute atomic E-state index is 0.0562. The second-order valence-electron chi connectivity index (χ2n) is 7.23. The van der Waals surface area contributed by atoms with Crippen molar-refractivity contribution in [3.8, 4) is 0 Å². The van der Waals surface area contributed by atoms with Crippen LogP contribution >= 0.6 is 11.8 Å². The Balaban J connectivity index is 1.76. The van der Waals surface area contributed by atoms with Gasteiger partial charge in [0.1, 0.15) is 6.17 Å². The molecule has 0 radical (unpaired) electrons. The molecule has 2 atom stereocenters. The van der Waals surface area contributed by atoms with Gasteiger partial charge in [0.2, 0.25) is 0 Å². The van der Waals surface area contributed by atoms with Crippen molar-refractivity contribution in [2.45, 2.75) is 32.0 Å². The fourth-order valence-electron chi connectivity index (χ4n) is 3.55. The molecule has 2 heterocycles. The second-order valence-corrected chi connectivity index (χ2v) is 8.24. The molecule has 0 unspecified atom stereocenters. The van der Waals surface area contributed by atoms with Gasteiger partial charge in [-0.05, 0) is 23.1 Å². The number of carbonyl (C=O) groups is 1. The molecule has 2 aliphatic heterocycles. The number of nitrogens with zero attached hydrogens (tertiary/aromatic N) is 2. The number of hydrazone groups is 1. The van der Waals surface area contributed by atoms with E-state index < -0.39 is 6.04 Å². The fraction of sp³-hybridized carbons (Fsp3) is 0.273. The lowest BCUT2D eigenvalue weighted by molar-refractivity contribution is -0.127. The van der Waals surface area contributed by atoms with Crippen molar-refractivity contribution < 1.29 is 4.79 Å². The van der Waals surface area contributed by atoms with Gasteiger partial charge in [0, 0.05) is 17.0 Å². The number of thioether (sulfide) groups is 1. The number of fused-ring (bicyclic) bond motifs is 3. The SMILES string of the molecule is C=CCSC1=NN2[C@H](c3ccc(C(C)C)cc3)Nc3ccccc3[C@@H]2C(=O)N1. The molecule has 0 aromatic heterocycles. The molecule has 6 heteroatoms. The maximum atomic E-state index is 13.0. The molecular weight excluding hydrogens is 368 g/mol. The van der Waals surface area contributed by atoms with E-state index in [1.165, 1.54) is 17.3 Å². The van der Waals surface area contributed by atoms with Crippen LogP contribution in [0.15, 0.2) is 66.3 Å². The van der Waals surface area contributed by atoms with Gasteiger partial charge >= 0.3 is 0 Å². The van der Waals surface area contributed by atoms with Gasteiger partial charge in [-0.15, -0.1) is 11.7 Å². The van der Waals surface area contributed by atoms with Gasteiger partial charge in [-0.2, -0.15) is 0 Å². The predicted octanol–water partition coefficient (Wildman–Crippen LogP) is 4.60. The quantitative estimate of drug-likeness (QED) is 0.747. The van der Waals surface area contributed by atoms with Gasteiger partial charge in [0.05, 0.1) is 0 Å². The van der Waals surface area contributed by atoms with Gasteiger partial charge in [0.15, 0.2) is 11.2 Å². The summed E-state index contributed by atoms with van der Waals surface area (Å²) in [5.74, 6) is 1.11. The number of hydrogen-bond donors (Lipinski definition) is 2. The zero-order chi connectivity index (χ0) is 19.7. The van der Waals surface area contributed by atoms with E-state index in [1.54, 1.807) is 6.08 Å². The Bertz CT molecular complexity index is 922. The van der Waals surface area contributed by atoms with Crippen LogP contribution in [0.2, 0.25) is 0 Å². The average molecular weight is 393 g/mol. The van der Waals surface area contributed by atoms with Crippen molar-refractivity contribution in [1.82, 2.24) is 10.3 Å². The number of hydrogen-bond acceptors (Lipinski definition) is 5. The third-order valence-electron chi connectivity index (χ3n) is 5.02. The number of carbonyl (C=O) groups excluding carboxylic acids is 1. The molecule has 0 spiro atoms. The summed E-state index contributed by atoms with van der Waals surface area (Å²) >= 11 is 1.47. The van der Waals surface area contributed by atoms with Crippen LogP contribution in [0.25, 0.3) is 0 Å². The molecule has 5 nitrogen and oxygen atoms in total. The molecule has 1 amide bonds. The van der Waals surface area contributed by atoms with Gasteiger partial charge in [-0.3, -0.25) is 9.80 Å². The monoisotopic (exact) mass is 392 g/mol. The number of anilines is 1. The topological polar surface area (TPSA) is 56.7 Å². The standard InChI is InChI=1S/C22H24N4OS/c1-4-13-28-22-24-21(27)19-17-7-5-6-8-18(17)23-20(26(19)25-22)16-11-9-15(10-12-16)14(2)3/h4-12,14,19-20,23H,1,13H2,2-3H3,(H,24,25,27)/t19-,20-/m1/s1. The van der Waals surface area contributed by atoms with Crippen molar-refractivity contribution in [3.05, 3.63) is 77.9 Å². The number of rotatable bonds is 4. The highest BCUT2D eigenvalue weighted by Gasteiger charge is 2.41. The van der Waals surface area contributed by atoms with Crippen LogP contribution in [0.5, 0.6) is 0 Å². The van der Waals surface area contributed by atoms with Crippen LogP contribution < -0.4 is 10.6 Å². The molecule has 2 aromatic rings. The lowest BCUT2D eigenvalue weighted by Crippen LogP contribution is -2.50. The molecule has 0 aliphatic carbocycles. The highest BCUT2D eigenvalue weighted by Crippen LogP contribution is 2.42. The molecule has 0 saturated heterocycles. The Morgan fingerprint density at radius 2 is 1.96 bits per heavy atom. The molecule has 0 bridgehead atoms. The molecule has 28 heavy (non-hydrogen) atoms. The largest absolute Gasteiger partial charge is 0.360 e. The van der Waals surface area contributed by atoms with Crippen LogP contribution in [0.3, 0.4) is 0 Å². The lowest BCUT2D eigenvalue weighted by Gasteiger charge is -2.43. The van der Waals surface area contributed by atoms with Crippen molar-refractivity contribution in [1.29, 1.82) is 0 Å². The molecule has 2 N–H and O–H groups in total. The molecule has 0 saturated carbocycles. The van der Waals surface area contributed by atoms with E-state index in [2.05, 4.69) is 55.3 Å². The number of amidine groups is 1. The van der Waals surface area contributed by atoms with Crippen LogP contribution in [-0.4, -0.2) is 21.8 Å². The fourth-order valence-corrected chi connectivity index (χ4v) is 4.15. The Labute approximate surface area is 169 Å². The summed E-state index contributed by atoms with van der Waals surface area (Å²) in [4.78, 5) is 13.0. The number of nitrogens with one attached hydrogen (secondary N) is 2. The van der Waals surface area contributed by atoms with Gasteiger partial charge in [-0.25, -0.2) is 0 Å². The summed E-state index contributed by atoms with van der Waals surface area (Å²) in [5.41, 5.74) is 4.27. The van der Waals surface area contributed by atoms with Crippen molar-refractivity contribution >= 4 is 28.5 Å². The first-order chi connectivity index (χ1) is 13.6. The smallest absolute Gasteiger partial charge is 0.255 e. The normalized spacial score (nSPS) is 20.6. The predicted molar refractivity (Wildman–Crippen MR) is 116 cm³/mol. The number of para-hydroxylation sites is 1. The van der Waals surface area contributed by atoms with E-state index in [-0.39, 0.29) is 12.1 Å². The average Bonchev–Trinajstić information content (AvgIpc) is 2.71.